The van der Waals surface area contributed by atoms with Gasteiger partial charge in [-0.2, -0.15) is 26.3 Å². The molecule has 36 heavy (non-hydrogen) atoms. The minimum absolute atomic E-state index is 0.138. The van der Waals surface area contributed by atoms with E-state index in [1.54, 1.807) is 0 Å². The molecular weight excluding hydrogens is 520 g/mol. The Hall–Kier alpha value is -4.14. The molecule has 0 fully saturated rings. The maximum atomic E-state index is 13.1. The summed E-state index contributed by atoms with van der Waals surface area (Å²) in [6.45, 7) is 0. The first kappa shape index (κ1) is 26.5. The van der Waals surface area contributed by atoms with Crippen molar-refractivity contribution in [2.45, 2.75) is 17.2 Å². The topological polar surface area (TPSA) is 118 Å². The molecule has 3 aromatic rings. The third kappa shape index (κ3) is 6.10. The van der Waals surface area contributed by atoms with Crippen LogP contribution >= 0.6 is 0 Å². The number of sulfonamides is 1. The van der Waals surface area contributed by atoms with Crippen LogP contribution in [0.25, 0.3) is 0 Å². The van der Waals surface area contributed by atoms with Gasteiger partial charge < -0.3 is 5.32 Å². The minimum Gasteiger partial charge on any atom is -0.322 e. The Morgan fingerprint density at radius 2 is 1.39 bits per heavy atom. The molecule has 0 radical (unpaired) electrons. The molecule has 0 spiro atoms. The Kier molecular flexibility index (Phi) is 6.97. The van der Waals surface area contributed by atoms with Gasteiger partial charge in [0.25, 0.3) is 21.6 Å². The van der Waals surface area contributed by atoms with Crippen molar-refractivity contribution >= 4 is 33.0 Å². The smallest absolute Gasteiger partial charge is 0.322 e. The number of non-ortho nitro benzene ring substituents is 1. The van der Waals surface area contributed by atoms with Gasteiger partial charge >= 0.3 is 12.4 Å². The van der Waals surface area contributed by atoms with Gasteiger partial charge in [-0.3, -0.25) is 19.6 Å². The van der Waals surface area contributed by atoms with Crippen LogP contribution < -0.4 is 10.0 Å². The molecule has 0 aliphatic heterocycles. The fraction of sp³-hybridized carbons (Fsp3) is 0.0952. The fourth-order valence-electron chi connectivity index (χ4n) is 2.96. The van der Waals surface area contributed by atoms with Gasteiger partial charge in [-0.1, -0.05) is 18.2 Å². The third-order valence-electron chi connectivity index (χ3n) is 4.60. The van der Waals surface area contributed by atoms with E-state index in [0.29, 0.717) is 6.07 Å². The van der Waals surface area contributed by atoms with Crippen LogP contribution in [0.15, 0.2) is 71.6 Å². The number of benzene rings is 3. The van der Waals surface area contributed by atoms with Crippen molar-refractivity contribution in [1.29, 1.82) is 0 Å². The molecule has 3 rings (SSSR count). The minimum atomic E-state index is -5.18. The van der Waals surface area contributed by atoms with Gasteiger partial charge in [-0.25, -0.2) is 8.42 Å². The van der Waals surface area contributed by atoms with Crippen molar-refractivity contribution in [1.82, 2.24) is 0 Å². The Bertz CT molecular complexity index is 1390. The lowest BCUT2D eigenvalue weighted by atomic mass is 10.1. The molecule has 1 amide bonds. The summed E-state index contributed by atoms with van der Waals surface area (Å²) < 4.78 is 106. The second-order valence-corrected chi connectivity index (χ2v) is 8.84. The maximum Gasteiger partial charge on any atom is 0.416 e. The Morgan fingerprint density at radius 1 is 0.833 bits per heavy atom. The number of nitro benzene ring substituents is 1. The number of carbonyl (C=O) groups is 1. The van der Waals surface area contributed by atoms with Crippen LogP contribution in [0.4, 0.5) is 43.4 Å². The molecule has 0 heterocycles. The number of rotatable bonds is 6. The Morgan fingerprint density at radius 3 is 1.89 bits per heavy atom. The predicted octanol–water partition coefficient (Wildman–Crippen LogP) is 5.69. The number of hydrogen-bond acceptors (Lipinski definition) is 5. The van der Waals surface area contributed by atoms with Gasteiger partial charge in [-0.15, -0.1) is 0 Å². The van der Waals surface area contributed by atoms with Crippen LogP contribution in [0, 0.1) is 10.1 Å². The van der Waals surface area contributed by atoms with Crippen molar-refractivity contribution in [2.75, 3.05) is 10.0 Å². The van der Waals surface area contributed by atoms with Crippen LogP contribution in [0.2, 0.25) is 0 Å². The second-order valence-electron chi connectivity index (χ2n) is 7.15. The van der Waals surface area contributed by atoms with E-state index in [4.69, 9.17) is 0 Å². The molecule has 8 nitrogen and oxygen atoms in total. The van der Waals surface area contributed by atoms with Crippen molar-refractivity contribution in [2.24, 2.45) is 0 Å². The summed E-state index contributed by atoms with van der Waals surface area (Å²) in [4.78, 5) is 22.7. The van der Waals surface area contributed by atoms with Gasteiger partial charge in [-0.05, 0) is 36.4 Å². The number of carbonyl (C=O) groups excluding carboxylic acids is 1. The van der Waals surface area contributed by atoms with Crippen molar-refractivity contribution in [3.63, 3.8) is 0 Å². The van der Waals surface area contributed by atoms with E-state index in [-0.39, 0.29) is 23.1 Å². The zero-order chi connectivity index (χ0) is 26.9. The van der Waals surface area contributed by atoms with E-state index in [0.717, 1.165) is 12.1 Å². The zero-order valence-electron chi connectivity index (χ0n) is 17.5. The lowest BCUT2D eigenvalue weighted by Crippen LogP contribution is -2.19. The predicted molar refractivity (Wildman–Crippen MR) is 115 cm³/mol. The molecule has 3 aromatic carbocycles. The van der Waals surface area contributed by atoms with E-state index in [1.165, 1.54) is 30.3 Å². The highest BCUT2D eigenvalue weighted by Gasteiger charge is 2.37. The number of amides is 1. The summed E-state index contributed by atoms with van der Waals surface area (Å²) in [5, 5.41) is 13.0. The molecule has 0 aliphatic carbocycles. The molecule has 190 valence electrons. The monoisotopic (exact) mass is 533 g/mol. The van der Waals surface area contributed by atoms with E-state index in [9.17, 15) is 49.7 Å². The van der Waals surface area contributed by atoms with Crippen molar-refractivity contribution in [3.05, 3.63) is 93.5 Å². The number of halogens is 6. The highest BCUT2D eigenvalue weighted by molar-refractivity contribution is 7.92. The number of nitrogens with one attached hydrogen (secondary N) is 2. The fourth-order valence-corrected chi connectivity index (χ4v) is 4.05. The average molecular weight is 533 g/mol. The van der Waals surface area contributed by atoms with Gasteiger partial charge in [0.1, 0.15) is 0 Å². The third-order valence-corrected chi connectivity index (χ3v) is 5.98. The van der Waals surface area contributed by atoms with Crippen LogP contribution in [0.5, 0.6) is 0 Å². The number of hydrogen-bond donors (Lipinski definition) is 2. The van der Waals surface area contributed by atoms with Crippen LogP contribution in [0.1, 0.15) is 21.5 Å². The van der Waals surface area contributed by atoms with Gasteiger partial charge in [0.15, 0.2) is 0 Å². The molecular formula is C21H13F6N3O5S. The van der Waals surface area contributed by atoms with E-state index in [2.05, 4.69) is 0 Å². The van der Waals surface area contributed by atoms with E-state index in [1.807, 2.05) is 10.0 Å². The molecule has 0 aromatic heterocycles. The summed E-state index contributed by atoms with van der Waals surface area (Å²) in [5.41, 5.74) is -6.16. The van der Waals surface area contributed by atoms with Gasteiger partial charge in [0, 0.05) is 17.8 Å². The molecule has 0 atom stereocenters. The lowest BCUT2D eigenvalue weighted by Gasteiger charge is -2.16. The molecule has 0 saturated carbocycles. The summed E-state index contributed by atoms with van der Waals surface area (Å²) in [7, 11) is -4.39. The Balaban J connectivity index is 2.05. The first-order valence-corrected chi connectivity index (χ1v) is 11.0. The average Bonchev–Trinajstić information content (AvgIpc) is 2.78. The zero-order valence-corrected chi connectivity index (χ0v) is 18.3. The highest BCUT2D eigenvalue weighted by atomic mass is 32.2. The quantitative estimate of drug-likeness (QED) is 0.240. The summed E-state index contributed by atoms with van der Waals surface area (Å²) in [6, 6.07) is 9.29. The van der Waals surface area contributed by atoms with Crippen molar-refractivity contribution in [3.8, 4) is 0 Å². The van der Waals surface area contributed by atoms with Gasteiger partial charge in [0.2, 0.25) is 0 Å². The highest BCUT2D eigenvalue weighted by Crippen LogP contribution is 2.38. The molecule has 2 N–H and O–H groups in total. The molecule has 15 heteroatoms. The summed E-state index contributed by atoms with van der Waals surface area (Å²) in [5.74, 6) is -1.33. The first-order chi connectivity index (χ1) is 16.6. The van der Waals surface area contributed by atoms with Gasteiger partial charge in [0.05, 0.1) is 32.2 Å². The molecule has 0 saturated heterocycles. The summed E-state index contributed by atoms with van der Waals surface area (Å²) >= 11 is 0. The molecule has 0 unspecified atom stereocenters. The number of anilines is 2. The molecule has 0 aliphatic rings. The Labute approximate surface area is 198 Å². The summed E-state index contributed by atoms with van der Waals surface area (Å²) in [6.07, 6.45) is -10.4. The van der Waals surface area contributed by atoms with E-state index < -0.39 is 67.0 Å². The number of alkyl halides is 6. The second kappa shape index (κ2) is 9.49. The standard InChI is InChI=1S/C21H13F6N3O5S/c22-20(23,24)12-8-13(21(25,26)27)10-14(9-12)28-19(31)17-7-6-15(30(32)33)11-18(17)29-36(34,35)16-4-2-1-3-5-16/h1-11,29H,(H,28,31). The van der Waals surface area contributed by atoms with E-state index >= 15 is 0 Å². The molecule has 0 bridgehead atoms. The maximum absolute atomic E-state index is 13.1. The normalized spacial score (nSPS) is 12.2. The SMILES string of the molecule is O=C(Nc1cc(C(F)(F)F)cc(C(F)(F)F)c1)c1ccc([N+](=O)[O-])cc1NS(=O)(=O)c1ccccc1. The first-order valence-electron chi connectivity index (χ1n) is 9.55. The van der Waals surface area contributed by atoms with Crippen LogP contribution in [-0.2, 0) is 22.4 Å². The number of nitro groups is 1. The van der Waals surface area contributed by atoms with Crippen molar-refractivity contribution < 1.29 is 44.5 Å². The number of nitrogens with zero attached hydrogens (tertiary/aromatic N) is 1. The lowest BCUT2D eigenvalue weighted by molar-refractivity contribution is -0.384. The largest absolute Gasteiger partial charge is 0.416 e. The van der Waals surface area contributed by atoms with Crippen LogP contribution in [-0.4, -0.2) is 19.2 Å². The van der Waals surface area contributed by atoms with Crippen LogP contribution in [0.3, 0.4) is 0 Å².